The summed E-state index contributed by atoms with van der Waals surface area (Å²) in [4.78, 5) is 38.5. The van der Waals surface area contributed by atoms with Crippen LogP contribution in [-0.2, 0) is 15.1 Å². The lowest BCUT2D eigenvalue weighted by Crippen LogP contribution is -2.45. The number of nitrogens with zero attached hydrogens (tertiary/aromatic N) is 1. The van der Waals surface area contributed by atoms with Crippen molar-refractivity contribution in [3.05, 3.63) is 29.8 Å². The van der Waals surface area contributed by atoms with Gasteiger partial charge in [-0.1, -0.05) is 37.8 Å². The fourth-order valence-corrected chi connectivity index (χ4v) is 3.87. The summed E-state index contributed by atoms with van der Waals surface area (Å²) in [6.07, 6.45) is 1.23. The minimum Gasteiger partial charge on any atom is -0.406 e. The highest BCUT2D eigenvalue weighted by Crippen LogP contribution is 2.31. The van der Waals surface area contributed by atoms with Crippen LogP contribution in [0.15, 0.2) is 24.3 Å². The maximum absolute atomic E-state index is 12.9. The van der Waals surface area contributed by atoms with Crippen LogP contribution in [0.3, 0.4) is 0 Å². The van der Waals surface area contributed by atoms with Crippen molar-refractivity contribution in [1.29, 1.82) is 0 Å². The maximum Gasteiger partial charge on any atom is 0.573 e. The third kappa shape index (κ3) is 5.03. The molecule has 1 unspecified atom stereocenters. The molecule has 30 heavy (non-hydrogen) atoms. The number of rotatable bonds is 5. The fourth-order valence-electron chi connectivity index (χ4n) is 3.87. The van der Waals surface area contributed by atoms with Crippen molar-refractivity contribution < 1.29 is 32.3 Å². The van der Waals surface area contributed by atoms with Crippen LogP contribution in [0.4, 0.5) is 18.0 Å². The quantitative estimate of drug-likeness (QED) is 0.558. The largest absolute Gasteiger partial charge is 0.573 e. The van der Waals surface area contributed by atoms with Crippen LogP contribution < -0.4 is 15.4 Å². The molecule has 1 aromatic rings. The third-order valence-electron chi connectivity index (χ3n) is 5.46. The molecule has 1 atom stereocenters. The summed E-state index contributed by atoms with van der Waals surface area (Å²) in [7, 11) is 0. The number of benzene rings is 1. The number of nitrogens with one attached hydrogen (secondary N) is 2. The molecule has 0 aromatic heterocycles. The van der Waals surface area contributed by atoms with Gasteiger partial charge in [0, 0.05) is 6.04 Å². The molecule has 0 spiro atoms. The molecule has 1 saturated carbocycles. The Hall–Kier alpha value is -2.78. The highest BCUT2D eigenvalue weighted by molar-refractivity contribution is 6.09. The van der Waals surface area contributed by atoms with E-state index in [-0.39, 0.29) is 11.6 Å². The monoisotopic (exact) mass is 427 g/mol. The highest BCUT2D eigenvalue weighted by atomic mass is 19.4. The molecular weight excluding hydrogens is 403 g/mol. The van der Waals surface area contributed by atoms with Gasteiger partial charge in [-0.15, -0.1) is 13.2 Å². The number of amides is 4. The van der Waals surface area contributed by atoms with E-state index in [0.717, 1.165) is 55.6 Å². The maximum atomic E-state index is 12.9. The van der Waals surface area contributed by atoms with Crippen LogP contribution in [0.5, 0.6) is 5.75 Å². The Labute approximate surface area is 171 Å². The van der Waals surface area contributed by atoms with Gasteiger partial charge in [0.2, 0.25) is 5.91 Å². The van der Waals surface area contributed by atoms with Crippen molar-refractivity contribution in [2.45, 2.75) is 63.4 Å². The molecule has 10 heteroatoms. The van der Waals surface area contributed by atoms with Gasteiger partial charge >= 0.3 is 12.4 Å². The van der Waals surface area contributed by atoms with Gasteiger partial charge in [0.15, 0.2) is 0 Å². The van der Waals surface area contributed by atoms with E-state index in [4.69, 9.17) is 0 Å². The summed E-state index contributed by atoms with van der Waals surface area (Å²) in [6, 6.07) is 3.98. The number of carbonyl (C=O) groups excluding carboxylic acids is 3. The zero-order chi connectivity index (χ0) is 21.9. The lowest BCUT2D eigenvalue weighted by atomic mass is 9.92. The van der Waals surface area contributed by atoms with E-state index in [0.29, 0.717) is 0 Å². The zero-order valence-corrected chi connectivity index (χ0v) is 16.6. The molecule has 1 heterocycles. The lowest BCUT2D eigenvalue weighted by Gasteiger charge is -2.23. The van der Waals surface area contributed by atoms with Crippen LogP contribution in [0.2, 0.25) is 0 Å². The normalized spacial score (nSPS) is 23.1. The van der Waals surface area contributed by atoms with Crippen LogP contribution in [0.1, 0.15) is 51.0 Å². The van der Waals surface area contributed by atoms with Gasteiger partial charge in [-0.05, 0) is 37.5 Å². The molecule has 1 aliphatic heterocycles. The number of carbonyl (C=O) groups is 3. The average Bonchev–Trinajstić information content (AvgIpc) is 2.84. The van der Waals surface area contributed by atoms with Crippen molar-refractivity contribution in [1.82, 2.24) is 15.5 Å². The number of hydrogen-bond acceptors (Lipinski definition) is 4. The molecule has 0 bridgehead atoms. The first-order valence-corrected chi connectivity index (χ1v) is 9.88. The Balaban J connectivity index is 1.66. The average molecular weight is 427 g/mol. The summed E-state index contributed by atoms with van der Waals surface area (Å²) in [5.41, 5.74) is -1.21. The zero-order valence-electron chi connectivity index (χ0n) is 16.6. The van der Waals surface area contributed by atoms with Crippen molar-refractivity contribution in [3.8, 4) is 5.75 Å². The van der Waals surface area contributed by atoms with E-state index in [1.807, 2.05) is 0 Å². The predicted octanol–water partition coefficient (Wildman–Crippen LogP) is 3.19. The Morgan fingerprint density at radius 3 is 2.33 bits per heavy atom. The van der Waals surface area contributed by atoms with E-state index in [9.17, 15) is 27.6 Å². The number of imide groups is 1. The number of alkyl halides is 3. The minimum atomic E-state index is -4.83. The van der Waals surface area contributed by atoms with Gasteiger partial charge in [0.05, 0.1) is 0 Å². The van der Waals surface area contributed by atoms with Crippen molar-refractivity contribution in [2.75, 3.05) is 6.54 Å². The molecule has 164 valence electrons. The minimum absolute atomic E-state index is 0.0355. The topological polar surface area (TPSA) is 87.7 Å². The van der Waals surface area contributed by atoms with Gasteiger partial charge in [-0.3, -0.25) is 14.5 Å². The lowest BCUT2D eigenvalue weighted by molar-refractivity contribution is -0.274. The van der Waals surface area contributed by atoms with Crippen LogP contribution >= 0.6 is 0 Å². The molecule has 0 radical (unpaired) electrons. The first kappa shape index (κ1) is 21.9. The smallest absolute Gasteiger partial charge is 0.406 e. The van der Waals surface area contributed by atoms with Gasteiger partial charge in [0.25, 0.3) is 5.91 Å². The summed E-state index contributed by atoms with van der Waals surface area (Å²) < 4.78 is 40.8. The summed E-state index contributed by atoms with van der Waals surface area (Å²) in [5.74, 6) is -1.50. The summed E-state index contributed by atoms with van der Waals surface area (Å²) in [6.45, 7) is 1.03. The van der Waals surface area contributed by atoms with Crippen LogP contribution in [0.25, 0.3) is 0 Å². The van der Waals surface area contributed by atoms with E-state index in [1.54, 1.807) is 0 Å². The van der Waals surface area contributed by atoms with E-state index >= 15 is 0 Å². The number of hydrogen-bond donors (Lipinski definition) is 2. The molecule has 1 aromatic carbocycles. The standard InChI is InChI=1S/C20H24F3N3O4/c1-19(13-8-10-15(11-9-13)30-20(21,22)23)17(28)26(18(29)25-19)12-16(27)24-14-6-4-2-3-5-7-14/h8-11,14H,2-7,12H2,1H3,(H,24,27)(H,25,29). The molecule has 1 aliphatic carbocycles. The predicted molar refractivity (Wildman–Crippen MR) is 100 cm³/mol. The third-order valence-corrected chi connectivity index (χ3v) is 5.46. The van der Waals surface area contributed by atoms with Crippen molar-refractivity contribution in [2.24, 2.45) is 0 Å². The second-order valence-corrected chi connectivity index (χ2v) is 7.77. The number of halogens is 3. The van der Waals surface area contributed by atoms with Crippen LogP contribution in [0, 0.1) is 0 Å². The first-order chi connectivity index (χ1) is 14.1. The Kier molecular flexibility index (Phi) is 6.23. The molecular formula is C20H24F3N3O4. The van der Waals surface area contributed by atoms with E-state index in [1.165, 1.54) is 19.1 Å². The first-order valence-electron chi connectivity index (χ1n) is 9.88. The molecule has 3 rings (SSSR count). The molecule has 2 fully saturated rings. The van der Waals surface area contributed by atoms with Crippen molar-refractivity contribution in [3.63, 3.8) is 0 Å². The number of ether oxygens (including phenoxy) is 1. The Morgan fingerprint density at radius 2 is 1.77 bits per heavy atom. The van der Waals surface area contributed by atoms with Gasteiger partial charge in [0.1, 0.15) is 17.8 Å². The van der Waals surface area contributed by atoms with Crippen molar-refractivity contribution >= 4 is 17.8 Å². The highest BCUT2D eigenvalue weighted by Gasteiger charge is 2.49. The fraction of sp³-hybridized carbons (Fsp3) is 0.550. The summed E-state index contributed by atoms with van der Waals surface area (Å²) in [5, 5.41) is 5.41. The molecule has 1 saturated heterocycles. The number of urea groups is 1. The Morgan fingerprint density at radius 1 is 1.17 bits per heavy atom. The summed E-state index contributed by atoms with van der Waals surface area (Å²) >= 11 is 0. The molecule has 2 N–H and O–H groups in total. The SMILES string of the molecule is CC1(c2ccc(OC(F)(F)F)cc2)NC(=O)N(CC(=O)NC2CCCCCC2)C1=O. The van der Waals surface area contributed by atoms with E-state index < -0.39 is 42.0 Å². The van der Waals surface area contributed by atoms with Gasteiger partial charge in [-0.25, -0.2) is 4.79 Å². The Bertz CT molecular complexity index is 805. The molecule has 2 aliphatic rings. The van der Waals surface area contributed by atoms with Gasteiger partial charge < -0.3 is 15.4 Å². The second-order valence-electron chi connectivity index (χ2n) is 7.77. The van der Waals surface area contributed by atoms with Crippen LogP contribution in [-0.4, -0.2) is 41.7 Å². The molecule has 4 amide bonds. The molecule has 7 nitrogen and oxygen atoms in total. The van der Waals surface area contributed by atoms with Gasteiger partial charge in [-0.2, -0.15) is 0 Å². The second kappa shape index (κ2) is 8.53. The van der Waals surface area contributed by atoms with E-state index in [2.05, 4.69) is 15.4 Å².